The first-order valence-electron chi connectivity index (χ1n) is 6.79. The smallest absolute Gasteiger partial charge is 0.323 e. The van der Waals surface area contributed by atoms with Crippen LogP contribution in [0, 0.1) is 0 Å². The number of methoxy groups -OCH3 is 3. The van der Waals surface area contributed by atoms with Crippen LogP contribution >= 0.6 is 0 Å². The molecule has 1 amide bonds. The van der Waals surface area contributed by atoms with Crippen LogP contribution in [0.25, 0.3) is 0 Å². The lowest BCUT2D eigenvalue weighted by Gasteiger charge is -2.21. The molecule has 0 fully saturated rings. The van der Waals surface area contributed by atoms with Gasteiger partial charge in [-0.25, -0.2) is 0 Å². The van der Waals surface area contributed by atoms with Crippen LogP contribution in [0.5, 0.6) is 17.2 Å². The number of carboxylic acid groups (broad SMARTS) is 1. The fourth-order valence-corrected chi connectivity index (χ4v) is 2.07. The van der Waals surface area contributed by atoms with E-state index in [0.717, 1.165) is 0 Å². The van der Waals surface area contributed by atoms with Gasteiger partial charge in [0.15, 0.2) is 11.5 Å². The molecule has 0 aromatic heterocycles. The molecule has 0 aliphatic rings. The second kappa shape index (κ2) is 8.11. The van der Waals surface area contributed by atoms with Crippen LogP contribution < -0.4 is 14.2 Å². The average molecular weight is 311 g/mol. The predicted octanol–water partition coefficient (Wildman–Crippen LogP) is 1.65. The van der Waals surface area contributed by atoms with Gasteiger partial charge in [-0.3, -0.25) is 9.59 Å². The van der Waals surface area contributed by atoms with Gasteiger partial charge >= 0.3 is 5.97 Å². The first kappa shape index (κ1) is 17.6. The minimum Gasteiger partial charge on any atom is -0.493 e. The normalized spacial score (nSPS) is 10.0. The Morgan fingerprint density at radius 2 is 1.64 bits per heavy atom. The summed E-state index contributed by atoms with van der Waals surface area (Å²) < 4.78 is 15.6. The zero-order valence-corrected chi connectivity index (χ0v) is 13.2. The summed E-state index contributed by atoms with van der Waals surface area (Å²) in [6, 6.07) is 3.02. The minimum atomic E-state index is -1.06. The summed E-state index contributed by atoms with van der Waals surface area (Å²) in [5, 5.41) is 8.93. The van der Waals surface area contributed by atoms with Crippen LogP contribution in [0.2, 0.25) is 0 Å². The highest BCUT2D eigenvalue weighted by molar-refractivity contribution is 5.97. The van der Waals surface area contributed by atoms with Gasteiger partial charge in [0.2, 0.25) is 5.75 Å². The third-order valence-corrected chi connectivity index (χ3v) is 3.02. The van der Waals surface area contributed by atoms with Crippen molar-refractivity contribution in [3.8, 4) is 17.2 Å². The van der Waals surface area contributed by atoms with Crippen LogP contribution in [0.4, 0.5) is 0 Å². The summed E-state index contributed by atoms with van der Waals surface area (Å²) in [7, 11) is 4.37. The summed E-state index contributed by atoms with van der Waals surface area (Å²) in [5.41, 5.74) is 0.282. The molecule has 0 spiro atoms. The molecule has 0 aliphatic carbocycles. The van der Waals surface area contributed by atoms with Crippen molar-refractivity contribution < 1.29 is 28.9 Å². The summed E-state index contributed by atoms with van der Waals surface area (Å²) >= 11 is 0. The van der Waals surface area contributed by atoms with Crippen LogP contribution in [0.15, 0.2) is 12.1 Å². The summed E-state index contributed by atoms with van der Waals surface area (Å²) in [6.45, 7) is 1.86. The van der Waals surface area contributed by atoms with Gasteiger partial charge in [0, 0.05) is 12.1 Å². The molecule has 7 heteroatoms. The fourth-order valence-electron chi connectivity index (χ4n) is 2.07. The van der Waals surface area contributed by atoms with Crippen molar-refractivity contribution in [3.05, 3.63) is 17.7 Å². The van der Waals surface area contributed by atoms with Crippen molar-refractivity contribution >= 4 is 11.9 Å². The lowest BCUT2D eigenvalue weighted by Crippen LogP contribution is -2.36. The number of carbonyl (C=O) groups is 2. The Labute approximate surface area is 129 Å². The van der Waals surface area contributed by atoms with Crippen LogP contribution in [-0.2, 0) is 4.79 Å². The summed E-state index contributed by atoms with van der Waals surface area (Å²) in [4.78, 5) is 24.7. The van der Waals surface area contributed by atoms with Crippen LogP contribution in [0.3, 0.4) is 0 Å². The maximum Gasteiger partial charge on any atom is 0.323 e. The second-order valence-electron chi connectivity index (χ2n) is 4.53. The Balaban J connectivity index is 3.23. The van der Waals surface area contributed by atoms with Gasteiger partial charge in [-0.2, -0.15) is 0 Å². The molecule has 122 valence electrons. The second-order valence-corrected chi connectivity index (χ2v) is 4.53. The van der Waals surface area contributed by atoms with E-state index in [2.05, 4.69) is 0 Å². The lowest BCUT2D eigenvalue weighted by atomic mass is 10.1. The Bertz CT molecular complexity index is 518. The highest BCUT2D eigenvalue weighted by Crippen LogP contribution is 2.38. The molecular weight excluding hydrogens is 290 g/mol. The third kappa shape index (κ3) is 4.03. The van der Waals surface area contributed by atoms with E-state index in [1.165, 1.54) is 38.4 Å². The zero-order chi connectivity index (χ0) is 16.7. The molecule has 1 rings (SSSR count). The van der Waals surface area contributed by atoms with Gasteiger partial charge in [0.25, 0.3) is 5.91 Å². The minimum absolute atomic E-state index is 0.282. The molecule has 7 nitrogen and oxygen atoms in total. The molecule has 1 aromatic rings. The maximum absolute atomic E-state index is 12.5. The molecule has 0 saturated carbocycles. The fraction of sp³-hybridized carbons (Fsp3) is 0.467. The van der Waals surface area contributed by atoms with Crippen molar-refractivity contribution in [2.75, 3.05) is 34.4 Å². The highest BCUT2D eigenvalue weighted by atomic mass is 16.5. The molecule has 0 heterocycles. The molecule has 0 aliphatic heterocycles. The Hall–Kier alpha value is -2.44. The van der Waals surface area contributed by atoms with E-state index in [4.69, 9.17) is 19.3 Å². The number of rotatable bonds is 8. The van der Waals surface area contributed by atoms with Gasteiger partial charge in [0.05, 0.1) is 21.3 Å². The largest absolute Gasteiger partial charge is 0.493 e. The van der Waals surface area contributed by atoms with E-state index in [1.807, 2.05) is 6.92 Å². The van der Waals surface area contributed by atoms with Gasteiger partial charge < -0.3 is 24.2 Å². The molecule has 0 unspecified atom stereocenters. The zero-order valence-electron chi connectivity index (χ0n) is 13.2. The summed E-state index contributed by atoms with van der Waals surface area (Å²) in [6.07, 6.45) is 0.656. The SMILES string of the molecule is CCCN(CC(=O)O)C(=O)c1cc(OC)c(OC)c(OC)c1. The number of carboxylic acids is 1. The van der Waals surface area contributed by atoms with Crippen molar-refractivity contribution in [2.24, 2.45) is 0 Å². The van der Waals surface area contributed by atoms with Gasteiger partial charge in [-0.1, -0.05) is 6.92 Å². The van der Waals surface area contributed by atoms with Crippen molar-refractivity contribution in [1.82, 2.24) is 4.90 Å². The molecule has 0 saturated heterocycles. The number of benzene rings is 1. The standard InChI is InChI=1S/C15H21NO6/c1-5-6-16(9-13(17)18)15(19)10-7-11(20-2)14(22-4)12(8-10)21-3/h7-8H,5-6,9H2,1-4H3,(H,17,18). The molecule has 0 atom stereocenters. The number of carbonyl (C=O) groups excluding carboxylic acids is 1. The van der Waals surface area contributed by atoms with Gasteiger partial charge in [-0.05, 0) is 18.6 Å². The number of hydrogen-bond acceptors (Lipinski definition) is 5. The van der Waals surface area contributed by atoms with Gasteiger partial charge in [0.1, 0.15) is 6.54 Å². The molecule has 0 radical (unpaired) electrons. The van der Waals surface area contributed by atoms with E-state index in [0.29, 0.717) is 30.2 Å². The van der Waals surface area contributed by atoms with E-state index in [9.17, 15) is 9.59 Å². The van der Waals surface area contributed by atoms with Crippen molar-refractivity contribution in [2.45, 2.75) is 13.3 Å². The Kier molecular flexibility index (Phi) is 6.49. The lowest BCUT2D eigenvalue weighted by molar-refractivity contribution is -0.137. The number of nitrogens with zero attached hydrogens (tertiary/aromatic N) is 1. The van der Waals surface area contributed by atoms with E-state index < -0.39 is 11.9 Å². The summed E-state index contributed by atoms with van der Waals surface area (Å²) in [5.74, 6) is -0.395. The number of ether oxygens (including phenoxy) is 3. The number of amides is 1. The Morgan fingerprint density at radius 1 is 1.09 bits per heavy atom. The monoisotopic (exact) mass is 311 g/mol. The topological polar surface area (TPSA) is 85.3 Å². The van der Waals surface area contributed by atoms with Crippen LogP contribution in [0.1, 0.15) is 23.7 Å². The number of aliphatic carboxylic acids is 1. The first-order chi connectivity index (χ1) is 10.5. The molecule has 22 heavy (non-hydrogen) atoms. The third-order valence-electron chi connectivity index (χ3n) is 3.02. The predicted molar refractivity (Wildman–Crippen MR) is 79.9 cm³/mol. The van der Waals surface area contributed by atoms with E-state index >= 15 is 0 Å². The van der Waals surface area contributed by atoms with Crippen molar-refractivity contribution in [1.29, 1.82) is 0 Å². The molecule has 1 aromatic carbocycles. The van der Waals surface area contributed by atoms with E-state index in [1.54, 1.807) is 0 Å². The Morgan fingerprint density at radius 3 is 2.00 bits per heavy atom. The molecule has 1 N–H and O–H groups in total. The number of hydrogen-bond donors (Lipinski definition) is 1. The first-order valence-corrected chi connectivity index (χ1v) is 6.79. The molecule has 0 bridgehead atoms. The quantitative estimate of drug-likeness (QED) is 0.785. The van der Waals surface area contributed by atoms with E-state index in [-0.39, 0.29) is 12.1 Å². The van der Waals surface area contributed by atoms with Crippen molar-refractivity contribution in [3.63, 3.8) is 0 Å². The van der Waals surface area contributed by atoms with Crippen LogP contribution in [-0.4, -0.2) is 56.3 Å². The molecular formula is C15H21NO6. The van der Waals surface area contributed by atoms with Gasteiger partial charge in [-0.15, -0.1) is 0 Å². The average Bonchev–Trinajstić information content (AvgIpc) is 2.51. The maximum atomic E-state index is 12.5. The highest BCUT2D eigenvalue weighted by Gasteiger charge is 2.22.